The van der Waals surface area contributed by atoms with Gasteiger partial charge in [-0.15, -0.1) is 16.4 Å². The first-order valence-electron chi connectivity index (χ1n) is 8.52. The van der Waals surface area contributed by atoms with Crippen molar-refractivity contribution < 1.29 is 9.53 Å². The second kappa shape index (κ2) is 9.53. The predicted octanol–water partition coefficient (Wildman–Crippen LogP) is 4.85. The number of thiocarbonyl (C=S) groups is 1. The summed E-state index contributed by atoms with van der Waals surface area (Å²) in [6.07, 6.45) is 2.38. The van der Waals surface area contributed by atoms with Crippen LogP contribution in [0.4, 0.5) is 10.9 Å². The Hall–Kier alpha value is -2.20. The highest BCUT2D eigenvalue weighted by Gasteiger charge is 2.17. The molecule has 152 valence electrons. The molecule has 0 aliphatic heterocycles. The lowest BCUT2D eigenvalue weighted by Gasteiger charge is -2.07. The smallest absolute Gasteiger partial charge is 0.340 e. The molecule has 7 nitrogen and oxygen atoms in total. The number of ether oxygens (including phenoxy) is 1. The maximum absolute atomic E-state index is 12.0. The molecule has 2 aromatic heterocycles. The van der Waals surface area contributed by atoms with Crippen molar-refractivity contribution in [2.75, 3.05) is 17.7 Å². The number of esters is 1. The highest BCUT2D eigenvalue weighted by atomic mass is 35.5. The number of carbonyl (C=O) groups is 1. The van der Waals surface area contributed by atoms with Crippen molar-refractivity contribution in [2.24, 2.45) is 0 Å². The minimum atomic E-state index is -0.421. The first kappa shape index (κ1) is 21.5. The van der Waals surface area contributed by atoms with E-state index < -0.39 is 5.97 Å². The van der Waals surface area contributed by atoms with E-state index >= 15 is 0 Å². The van der Waals surface area contributed by atoms with Crippen molar-refractivity contribution in [3.8, 4) is 0 Å². The number of aromatic nitrogens is 3. The Kier molecular flexibility index (Phi) is 7.07. The number of aryl methyl sites for hydroxylation is 1. The molecule has 0 aliphatic carbocycles. The number of halogens is 2. The van der Waals surface area contributed by atoms with Crippen molar-refractivity contribution in [2.45, 2.75) is 19.9 Å². The molecule has 11 heteroatoms. The van der Waals surface area contributed by atoms with Gasteiger partial charge in [0, 0.05) is 4.88 Å². The SMILES string of the molecule is CCc1cc(C(=O)OC)c(NC(=S)Nc2ncn(Cc3ccc(Cl)c(Cl)c3)n2)s1. The molecule has 0 spiro atoms. The molecule has 0 aliphatic rings. The van der Waals surface area contributed by atoms with Crippen LogP contribution in [0.15, 0.2) is 30.6 Å². The Morgan fingerprint density at radius 3 is 2.76 bits per heavy atom. The van der Waals surface area contributed by atoms with Gasteiger partial charge in [-0.25, -0.2) is 14.5 Å². The van der Waals surface area contributed by atoms with Gasteiger partial charge in [-0.3, -0.25) is 5.32 Å². The van der Waals surface area contributed by atoms with Crippen LogP contribution in [-0.2, 0) is 17.7 Å². The molecular weight excluding hydrogens is 453 g/mol. The van der Waals surface area contributed by atoms with E-state index in [0.717, 1.165) is 16.9 Å². The van der Waals surface area contributed by atoms with Crippen LogP contribution in [0.3, 0.4) is 0 Å². The number of benzene rings is 1. The summed E-state index contributed by atoms with van der Waals surface area (Å²) in [5.41, 5.74) is 1.38. The quantitative estimate of drug-likeness (QED) is 0.394. The van der Waals surface area contributed by atoms with E-state index in [4.69, 9.17) is 40.2 Å². The van der Waals surface area contributed by atoms with Gasteiger partial charge in [0.1, 0.15) is 11.3 Å². The maximum Gasteiger partial charge on any atom is 0.340 e. The zero-order valence-corrected chi connectivity index (χ0v) is 18.7. The van der Waals surface area contributed by atoms with Crippen LogP contribution in [0.5, 0.6) is 0 Å². The summed E-state index contributed by atoms with van der Waals surface area (Å²) in [5, 5.41) is 12.1. The van der Waals surface area contributed by atoms with Gasteiger partial charge in [-0.05, 0) is 42.4 Å². The van der Waals surface area contributed by atoms with E-state index in [0.29, 0.717) is 33.1 Å². The molecule has 0 saturated carbocycles. The zero-order valence-electron chi connectivity index (χ0n) is 15.5. The molecule has 0 saturated heterocycles. The molecule has 3 aromatic rings. The first-order chi connectivity index (χ1) is 13.9. The molecule has 2 N–H and O–H groups in total. The van der Waals surface area contributed by atoms with Crippen LogP contribution >= 0.6 is 46.8 Å². The van der Waals surface area contributed by atoms with Gasteiger partial charge < -0.3 is 10.1 Å². The van der Waals surface area contributed by atoms with Gasteiger partial charge in [-0.2, -0.15) is 0 Å². The molecule has 1 aromatic carbocycles. The number of nitrogens with zero attached hydrogens (tertiary/aromatic N) is 3. The van der Waals surface area contributed by atoms with Crippen molar-refractivity contribution in [1.82, 2.24) is 14.8 Å². The van der Waals surface area contributed by atoms with Crippen LogP contribution in [0.25, 0.3) is 0 Å². The Morgan fingerprint density at radius 2 is 2.07 bits per heavy atom. The number of carbonyl (C=O) groups excluding carboxylic acids is 1. The Morgan fingerprint density at radius 1 is 1.28 bits per heavy atom. The van der Waals surface area contributed by atoms with Crippen molar-refractivity contribution >= 4 is 68.8 Å². The van der Waals surface area contributed by atoms with E-state index in [2.05, 4.69) is 20.7 Å². The molecule has 0 bridgehead atoms. The molecule has 29 heavy (non-hydrogen) atoms. The first-order valence-corrected chi connectivity index (χ1v) is 10.5. The van der Waals surface area contributed by atoms with E-state index in [1.165, 1.54) is 18.4 Å². The number of hydrogen-bond acceptors (Lipinski definition) is 6. The lowest BCUT2D eigenvalue weighted by Crippen LogP contribution is -2.20. The van der Waals surface area contributed by atoms with Crippen molar-refractivity contribution in [1.29, 1.82) is 0 Å². The average molecular weight is 470 g/mol. The summed E-state index contributed by atoms with van der Waals surface area (Å²) in [4.78, 5) is 17.2. The fraction of sp³-hybridized carbons (Fsp3) is 0.222. The second-order valence-corrected chi connectivity index (χ2v) is 8.25. The minimum absolute atomic E-state index is 0.270. The number of nitrogens with one attached hydrogen (secondary N) is 2. The third-order valence-corrected chi connectivity index (χ3v) is 5.99. The van der Waals surface area contributed by atoms with E-state index in [1.54, 1.807) is 29.2 Å². The van der Waals surface area contributed by atoms with Gasteiger partial charge in [0.25, 0.3) is 0 Å². The molecular formula is C18H17Cl2N5O2S2. The lowest BCUT2D eigenvalue weighted by atomic mass is 10.2. The standard InChI is InChI=1S/C18H17Cl2N5O2S2/c1-3-11-7-12(16(26)27-2)15(29-11)22-18(28)23-17-21-9-25(24-17)8-10-4-5-13(19)14(20)6-10/h4-7,9H,3,8H2,1-2H3,(H2,22,23,24,28). The van der Waals surface area contributed by atoms with Crippen LogP contribution in [0.1, 0.15) is 27.7 Å². The Labute approximate surface area is 187 Å². The number of anilines is 2. The molecule has 0 radical (unpaired) electrons. The fourth-order valence-corrected chi connectivity index (χ4v) is 4.03. The fourth-order valence-electron chi connectivity index (χ4n) is 2.46. The monoisotopic (exact) mass is 469 g/mol. The van der Waals surface area contributed by atoms with E-state index in [-0.39, 0.29) is 5.11 Å². The van der Waals surface area contributed by atoms with Gasteiger partial charge in [0.15, 0.2) is 5.11 Å². The molecule has 0 atom stereocenters. The zero-order chi connectivity index (χ0) is 21.0. The molecule has 0 unspecified atom stereocenters. The minimum Gasteiger partial charge on any atom is -0.465 e. The highest BCUT2D eigenvalue weighted by molar-refractivity contribution is 7.80. The third kappa shape index (κ3) is 5.45. The second-order valence-electron chi connectivity index (χ2n) is 5.89. The highest BCUT2D eigenvalue weighted by Crippen LogP contribution is 2.29. The predicted molar refractivity (Wildman–Crippen MR) is 120 cm³/mol. The van der Waals surface area contributed by atoms with Crippen LogP contribution < -0.4 is 10.6 Å². The van der Waals surface area contributed by atoms with Crippen LogP contribution in [0, 0.1) is 0 Å². The van der Waals surface area contributed by atoms with Gasteiger partial charge in [-0.1, -0.05) is 36.2 Å². The summed E-state index contributed by atoms with van der Waals surface area (Å²) in [6, 6.07) is 7.18. The van der Waals surface area contributed by atoms with Crippen LogP contribution in [-0.4, -0.2) is 33.0 Å². The summed E-state index contributed by atoms with van der Waals surface area (Å²) in [5.74, 6) is -0.0928. The van der Waals surface area contributed by atoms with Gasteiger partial charge in [0.2, 0.25) is 5.95 Å². The summed E-state index contributed by atoms with van der Waals surface area (Å²) < 4.78 is 6.47. The third-order valence-electron chi connectivity index (χ3n) is 3.85. The number of rotatable bonds is 6. The van der Waals surface area contributed by atoms with E-state index in [9.17, 15) is 4.79 Å². The summed E-state index contributed by atoms with van der Waals surface area (Å²) >= 11 is 18.7. The summed E-state index contributed by atoms with van der Waals surface area (Å²) in [6.45, 7) is 2.49. The molecule has 3 rings (SSSR count). The van der Waals surface area contributed by atoms with Gasteiger partial charge >= 0.3 is 5.97 Å². The molecule has 2 heterocycles. The average Bonchev–Trinajstić information content (AvgIpc) is 3.30. The van der Waals surface area contributed by atoms with Crippen molar-refractivity contribution in [3.63, 3.8) is 0 Å². The molecule has 0 amide bonds. The lowest BCUT2D eigenvalue weighted by molar-refractivity contribution is 0.0602. The number of methoxy groups -OCH3 is 1. The Bertz CT molecular complexity index is 1050. The number of hydrogen-bond donors (Lipinski definition) is 2. The van der Waals surface area contributed by atoms with Gasteiger partial charge in [0.05, 0.1) is 29.3 Å². The summed E-state index contributed by atoms with van der Waals surface area (Å²) in [7, 11) is 1.34. The number of thiophene rings is 1. The van der Waals surface area contributed by atoms with E-state index in [1.807, 2.05) is 13.0 Å². The van der Waals surface area contributed by atoms with Crippen LogP contribution in [0.2, 0.25) is 10.0 Å². The van der Waals surface area contributed by atoms with Crippen molar-refractivity contribution in [3.05, 3.63) is 56.6 Å². The molecule has 0 fully saturated rings. The maximum atomic E-state index is 12.0. The normalized spacial score (nSPS) is 10.6. The topological polar surface area (TPSA) is 81.1 Å². The largest absolute Gasteiger partial charge is 0.465 e. The Balaban J connectivity index is 1.65.